The van der Waals surface area contributed by atoms with Gasteiger partial charge in [0.05, 0.1) is 4.51 Å². The predicted molar refractivity (Wildman–Crippen MR) is 41.6 cm³/mol. The fourth-order valence-electron chi connectivity index (χ4n) is 0.506. The molecule has 0 aromatic carbocycles. The summed E-state index contributed by atoms with van der Waals surface area (Å²) in [6.45, 7) is 1.84. The van der Waals surface area contributed by atoms with Crippen LogP contribution in [-0.2, 0) is 0 Å². The molecule has 1 aromatic heterocycles. The monoisotopic (exact) mass is 158 g/mol. The minimum absolute atomic E-state index is 0.248. The molecule has 0 fully saturated rings. The molecule has 0 radical (unpaired) electrons. The minimum Gasteiger partial charge on any atom is -0.505 e. The van der Waals surface area contributed by atoms with Crippen molar-refractivity contribution in [3.8, 4) is 5.75 Å². The lowest BCUT2D eigenvalue weighted by Gasteiger charge is -1.92. The zero-order valence-corrected chi connectivity index (χ0v) is 6.55. The smallest absolute Gasteiger partial charge is 0.146 e. The molecule has 0 aliphatic heterocycles. The molecule has 1 heterocycles. The maximum atomic E-state index is 9.11. The second-order valence-electron chi connectivity index (χ2n) is 1.69. The molecule has 0 aliphatic rings. The summed E-state index contributed by atoms with van der Waals surface area (Å²) in [5.41, 5.74) is 0. The van der Waals surface area contributed by atoms with Gasteiger partial charge in [-0.15, -0.1) is 11.3 Å². The Bertz CT molecular complexity index is 264. The third-order valence-corrected chi connectivity index (χ3v) is 2.18. The fraction of sp³-hybridized carbons (Fsp3) is 0.167. The number of aromatic hydroxyl groups is 1. The zero-order chi connectivity index (χ0) is 6.85. The van der Waals surface area contributed by atoms with Crippen LogP contribution in [0.5, 0.6) is 5.75 Å². The standard InChI is InChI=1S/C6H6OS2/c1-4-6(7)5(8)2-3-9-4/h2-3,7H,1H3. The van der Waals surface area contributed by atoms with Crippen molar-refractivity contribution in [2.45, 2.75) is 6.92 Å². The first-order valence-electron chi connectivity index (χ1n) is 2.49. The van der Waals surface area contributed by atoms with E-state index in [1.807, 2.05) is 12.3 Å². The first-order valence-corrected chi connectivity index (χ1v) is 3.78. The normalized spacial score (nSPS) is 9.44. The highest BCUT2D eigenvalue weighted by Crippen LogP contribution is 2.20. The number of hydrogen-bond acceptors (Lipinski definition) is 3. The lowest BCUT2D eigenvalue weighted by Crippen LogP contribution is -1.68. The van der Waals surface area contributed by atoms with Gasteiger partial charge in [0.1, 0.15) is 5.75 Å². The summed E-state index contributed by atoms with van der Waals surface area (Å²) < 4.78 is 0.534. The second kappa shape index (κ2) is 2.45. The van der Waals surface area contributed by atoms with Gasteiger partial charge in [0, 0.05) is 4.88 Å². The van der Waals surface area contributed by atoms with Crippen molar-refractivity contribution < 1.29 is 5.11 Å². The molecule has 0 atom stereocenters. The summed E-state index contributed by atoms with van der Waals surface area (Å²) in [6, 6.07) is 1.72. The van der Waals surface area contributed by atoms with E-state index in [0.29, 0.717) is 4.51 Å². The van der Waals surface area contributed by atoms with E-state index in [1.54, 1.807) is 6.07 Å². The predicted octanol–water partition coefficient (Wildman–Crippen LogP) is 2.49. The van der Waals surface area contributed by atoms with Crippen molar-refractivity contribution in [3.63, 3.8) is 0 Å². The molecule has 48 valence electrons. The van der Waals surface area contributed by atoms with Crippen LogP contribution in [0, 0.1) is 11.4 Å². The summed E-state index contributed by atoms with van der Waals surface area (Å²) >= 11 is 6.29. The molecular weight excluding hydrogens is 152 g/mol. The van der Waals surface area contributed by atoms with Crippen LogP contribution in [0.2, 0.25) is 0 Å². The van der Waals surface area contributed by atoms with Crippen molar-refractivity contribution >= 4 is 23.6 Å². The Balaban J connectivity index is 3.43. The Kier molecular flexibility index (Phi) is 1.83. The van der Waals surface area contributed by atoms with E-state index >= 15 is 0 Å². The van der Waals surface area contributed by atoms with Crippen LogP contribution in [0.1, 0.15) is 4.88 Å². The summed E-state index contributed by atoms with van der Waals surface area (Å²) in [7, 11) is 0. The quantitative estimate of drug-likeness (QED) is 0.585. The van der Waals surface area contributed by atoms with Gasteiger partial charge >= 0.3 is 0 Å². The Morgan fingerprint density at radius 3 is 2.78 bits per heavy atom. The molecule has 1 aromatic rings. The Morgan fingerprint density at radius 1 is 1.67 bits per heavy atom. The van der Waals surface area contributed by atoms with Crippen LogP contribution < -0.4 is 0 Å². The molecular formula is C6H6OS2. The average molecular weight is 158 g/mol. The lowest BCUT2D eigenvalue weighted by molar-refractivity contribution is 0.471. The third kappa shape index (κ3) is 1.28. The fourth-order valence-corrected chi connectivity index (χ4v) is 1.51. The van der Waals surface area contributed by atoms with Gasteiger partial charge in [0.15, 0.2) is 0 Å². The highest BCUT2D eigenvalue weighted by atomic mass is 32.1. The number of aryl methyl sites for hydroxylation is 1. The molecule has 1 rings (SSSR count). The Labute approximate surface area is 62.6 Å². The minimum atomic E-state index is 0.248. The second-order valence-corrected chi connectivity index (χ2v) is 3.25. The van der Waals surface area contributed by atoms with E-state index in [1.165, 1.54) is 11.3 Å². The van der Waals surface area contributed by atoms with Gasteiger partial charge < -0.3 is 5.11 Å². The van der Waals surface area contributed by atoms with E-state index < -0.39 is 0 Å². The summed E-state index contributed by atoms with van der Waals surface area (Å²) in [6.07, 6.45) is 0. The van der Waals surface area contributed by atoms with Gasteiger partial charge in [0.2, 0.25) is 0 Å². The van der Waals surface area contributed by atoms with E-state index in [9.17, 15) is 0 Å². The van der Waals surface area contributed by atoms with Crippen molar-refractivity contribution in [1.29, 1.82) is 0 Å². The molecule has 0 aliphatic carbocycles. The first kappa shape index (κ1) is 6.71. The first-order chi connectivity index (χ1) is 4.22. The lowest BCUT2D eigenvalue weighted by atomic mass is 10.4. The number of hydrogen-bond donors (Lipinski definition) is 1. The van der Waals surface area contributed by atoms with Crippen LogP contribution in [-0.4, -0.2) is 5.11 Å². The number of rotatable bonds is 0. The maximum Gasteiger partial charge on any atom is 0.146 e. The van der Waals surface area contributed by atoms with E-state index in [-0.39, 0.29) is 5.75 Å². The maximum absolute atomic E-state index is 9.11. The van der Waals surface area contributed by atoms with Gasteiger partial charge in [-0.2, -0.15) is 0 Å². The molecule has 0 unspecified atom stereocenters. The summed E-state index contributed by atoms with van der Waals surface area (Å²) in [5, 5.41) is 11.0. The van der Waals surface area contributed by atoms with Crippen LogP contribution >= 0.6 is 23.6 Å². The Hall–Kier alpha value is -0.410. The van der Waals surface area contributed by atoms with Crippen LogP contribution in [0.3, 0.4) is 0 Å². The van der Waals surface area contributed by atoms with Crippen molar-refractivity contribution in [3.05, 3.63) is 20.8 Å². The average Bonchev–Trinajstić information content (AvgIpc) is 1.83. The van der Waals surface area contributed by atoms with E-state index in [2.05, 4.69) is 0 Å². The summed E-state index contributed by atoms with van der Waals surface area (Å²) in [4.78, 5) is 0.877. The van der Waals surface area contributed by atoms with Crippen LogP contribution in [0.25, 0.3) is 0 Å². The zero-order valence-electron chi connectivity index (χ0n) is 4.92. The SMILES string of the molecule is Cc1sccc(=S)c1O. The molecule has 0 saturated carbocycles. The molecule has 0 bridgehead atoms. The summed E-state index contributed by atoms with van der Waals surface area (Å²) in [5.74, 6) is 0.248. The topological polar surface area (TPSA) is 20.2 Å². The van der Waals surface area contributed by atoms with Crippen molar-refractivity contribution in [1.82, 2.24) is 0 Å². The van der Waals surface area contributed by atoms with E-state index in [0.717, 1.165) is 4.88 Å². The van der Waals surface area contributed by atoms with Gasteiger partial charge in [-0.1, -0.05) is 12.2 Å². The van der Waals surface area contributed by atoms with Gasteiger partial charge in [-0.05, 0) is 18.4 Å². The molecule has 3 heteroatoms. The highest BCUT2D eigenvalue weighted by molar-refractivity contribution is 7.71. The highest BCUT2D eigenvalue weighted by Gasteiger charge is 1.93. The van der Waals surface area contributed by atoms with Crippen LogP contribution in [0.4, 0.5) is 0 Å². The largest absolute Gasteiger partial charge is 0.505 e. The Morgan fingerprint density at radius 2 is 2.33 bits per heavy atom. The molecule has 9 heavy (non-hydrogen) atoms. The third-order valence-electron chi connectivity index (χ3n) is 1.03. The molecule has 0 saturated heterocycles. The molecule has 1 nitrogen and oxygen atoms in total. The van der Waals surface area contributed by atoms with Crippen molar-refractivity contribution in [2.24, 2.45) is 0 Å². The van der Waals surface area contributed by atoms with Crippen LogP contribution in [0.15, 0.2) is 11.4 Å². The molecule has 0 spiro atoms. The van der Waals surface area contributed by atoms with Gasteiger partial charge in [-0.3, -0.25) is 0 Å². The van der Waals surface area contributed by atoms with E-state index in [4.69, 9.17) is 17.3 Å². The van der Waals surface area contributed by atoms with Gasteiger partial charge in [-0.25, -0.2) is 0 Å². The molecule has 1 N–H and O–H groups in total. The molecule has 0 amide bonds. The van der Waals surface area contributed by atoms with Gasteiger partial charge in [0.25, 0.3) is 0 Å². The van der Waals surface area contributed by atoms with Crippen molar-refractivity contribution in [2.75, 3.05) is 0 Å².